The monoisotopic (exact) mass is 847 g/mol. The Kier molecular flexibility index (Phi) is 46.6. The number of hydrogen-bond donors (Lipinski definition) is 0. The maximum atomic E-state index is 12.7. The smallest absolute Gasteiger partial charge is 0.306 e. The van der Waals surface area contributed by atoms with Crippen LogP contribution in [0.1, 0.15) is 265 Å². The SMILES string of the molecule is CCCCCC#CCC#CCC#CCC#CCCCC(=O)OC(COC(=O)CCCCCCCCCCCCCCC)COC(=O)CCCCCCCCCCCCCCC. The van der Waals surface area contributed by atoms with E-state index in [1.807, 2.05) is 0 Å². The van der Waals surface area contributed by atoms with Crippen molar-refractivity contribution in [1.82, 2.24) is 0 Å². The highest BCUT2D eigenvalue weighted by atomic mass is 16.6. The van der Waals surface area contributed by atoms with Gasteiger partial charge in [0.25, 0.3) is 0 Å². The van der Waals surface area contributed by atoms with Crippen LogP contribution in [-0.2, 0) is 28.6 Å². The third kappa shape index (κ3) is 47.6. The number of hydrogen-bond acceptors (Lipinski definition) is 6. The topological polar surface area (TPSA) is 78.9 Å². The highest BCUT2D eigenvalue weighted by molar-refractivity contribution is 5.71. The lowest BCUT2D eigenvalue weighted by atomic mass is 10.0. The van der Waals surface area contributed by atoms with Crippen molar-refractivity contribution < 1.29 is 28.6 Å². The molecule has 0 aromatic carbocycles. The van der Waals surface area contributed by atoms with Crippen LogP contribution in [0.3, 0.4) is 0 Å². The van der Waals surface area contributed by atoms with E-state index in [9.17, 15) is 14.4 Å². The molecule has 0 rings (SSSR count). The Bertz CT molecular complexity index is 1240. The zero-order valence-electron chi connectivity index (χ0n) is 39.8. The molecule has 0 amide bonds. The van der Waals surface area contributed by atoms with Crippen LogP contribution in [0.4, 0.5) is 0 Å². The first-order chi connectivity index (χ1) is 30.0. The Morgan fingerprint density at radius 1 is 0.328 bits per heavy atom. The molecular formula is C55H90O6. The summed E-state index contributed by atoms with van der Waals surface area (Å²) in [5.41, 5.74) is 0. The fraction of sp³-hybridized carbons (Fsp3) is 0.800. The number of ether oxygens (including phenoxy) is 3. The van der Waals surface area contributed by atoms with Crippen molar-refractivity contribution in [1.29, 1.82) is 0 Å². The minimum atomic E-state index is -0.832. The van der Waals surface area contributed by atoms with Gasteiger partial charge in [0.1, 0.15) is 13.2 Å². The van der Waals surface area contributed by atoms with Gasteiger partial charge in [-0.25, -0.2) is 0 Å². The molecule has 6 nitrogen and oxygen atoms in total. The number of esters is 3. The lowest BCUT2D eigenvalue weighted by Gasteiger charge is -2.18. The molecule has 0 aromatic rings. The Hall–Kier alpha value is -3.35. The van der Waals surface area contributed by atoms with Crippen molar-refractivity contribution in [2.24, 2.45) is 0 Å². The van der Waals surface area contributed by atoms with Crippen molar-refractivity contribution in [2.75, 3.05) is 13.2 Å². The van der Waals surface area contributed by atoms with Crippen molar-refractivity contribution >= 4 is 17.9 Å². The quantitative estimate of drug-likeness (QED) is 0.0265. The van der Waals surface area contributed by atoms with Gasteiger partial charge < -0.3 is 14.2 Å². The molecule has 0 bridgehead atoms. The van der Waals surface area contributed by atoms with Crippen LogP contribution >= 0.6 is 0 Å². The molecule has 0 heterocycles. The number of unbranched alkanes of at least 4 members (excludes halogenated alkanes) is 28. The Labute approximate surface area is 376 Å². The van der Waals surface area contributed by atoms with Gasteiger partial charge in [-0.2, -0.15) is 0 Å². The van der Waals surface area contributed by atoms with Gasteiger partial charge in [-0.05, 0) is 25.7 Å². The lowest BCUT2D eigenvalue weighted by molar-refractivity contribution is -0.167. The second-order valence-corrected chi connectivity index (χ2v) is 16.7. The van der Waals surface area contributed by atoms with Crippen LogP contribution in [0.15, 0.2) is 0 Å². The Morgan fingerprint density at radius 2 is 0.607 bits per heavy atom. The molecule has 0 fully saturated rings. The van der Waals surface area contributed by atoms with Crippen LogP contribution < -0.4 is 0 Å². The van der Waals surface area contributed by atoms with Crippen molar-refractivity contribution in [3.63, 3.8) is 0 Å². The van der Waals surface area contributed by atoms with Gasteiger partial charge in [-0.3, -0.25) is 14.4 Å². The second kappa shape index (κ2) is 49.3. The maximum Gasteiger partial charge on any atom is 0.306 e. The first kappa shape index (κ1) is 57.6. The van der Waals surface area contributed by atoms with Gasteiger partial charge in [-0.1, -0.05) is 223 Å². The molecule has 6 heteroatoms. The van der Waals surface area contributed by atoms with Gasteiger partial charge >= 0.3 is 17.9 Å². The minimum absolute atomic E-state index is 0.121. The van der Waals surface area contributed by atoms with Crippen LogP contribution in [0.5, 0.6) is 0 Å². The fourth-order valence-electron chi connectivity index (χ4n) is 6.92. The number of carbonyl (C=O) groups excluding carboxylic acids is 3. The molecule has 0 aliphatic heterocycles. The van der Waals surface area contributed by atoms with E-state index in [0.717, 1.165) is 51.4 Å². The Balaban J connectivity index is 4.51. The predicted octanol–water partition coefficient (Wildman–Crippen LogP) is 14.9. The molecule has 0 aliphatic rings. The average molecular weight is 847 g/mol. The summed E-state index contributed by atoms with van der Waals surface area (Å²) in [6.07, 6.45) is 39.5. The van der Waals surface area contributed by atoms with E-state index < -0.39 is 12.1 Å². The Morgan fingerprint density at radius 3 is 0.967 bits per heavy atom. The lowest BCUT2D eigenvalue weighted by Crippen LogP contribution is -2.30. The molecule has 0 aliphatic carbocycles. The van der Waals surface area contributed by atoms with Crippen molar-refractivity contribution in [3.8, 4) is 47.4 Å². The van der Waals surface area contributed by atoms with E-state index in [-0.39, 0.29) is 31.6 Å². The first-order valence-electron chi connectivity index (χ1n) is 25.4. The highest BCUT2D eigenvalue weighted by Crippen LogP contribution is 2.15. The maximum absolute atomic E-state index is 12.7. The molecular weight excluding hydrogens is 757 g/mol. The number of rotatable bonds is 39. The van der Waals surface area contributed by atoms with Crippen molar-refractivity contribution in [2.45, 2.75) is 271 Å². The van der Waals surface area contributed by atoms with Gasteiger partial charge in [0, 0.05) is 32.1 Å². The summed E-state index contributed by atoms with van der Waals surface area (Å²) in [6, 6.07) is 0. The van der Waals surface area contributed by atoms with Crippen LogP contribution in [0, 0.1) is 47.4 Å². The van der Waals surface area contributed by atoms with Crippen LogP contribution in [0.25, 0.3) is 0 Å². The van der Waals surface area contributed by atoms with E-state index in [1.165, 1.54) is 141 Å². The highest BCUT2D eigenvalue weighted by Gasteiger charge is 2.19. The average Bonchev–Trinajstić information content (AvgIpc) is 3.26. The summed E-state index contributed by atoms with van der Waals surface area (Å²) in [4.78, 5) is 37.8. The molecule has 0 spiro atoms. The summed E-state index contributed by atoms with van der Waals surface area (Å²) in [6.45, 7) is 6.46. The molecule has 0 saturated carbocycles. The largest absolute Gasteiger partial charge is 0.462 e. The summed E-state index contributed by atoms with van der Waals surface area (Å²) in [5, 5.41) is 0. The fourth-order valence-corrected chi connectivity index (χ4v) is 6.92. The first-order valence-corrected chi connectivity index (χ1v) is 25.4. The van der Waals surface area contributed by atoms with Crippen LogP contribution in [0.2, 0.25) is 0 Å². The zero-order valence-corrected chi connectivity index (χ0v) is 39.8. The molecule has 0 unspecified atom stereocenters. The molecule has 0 atom stereocenters. The standard InChI is InChI=1S/C55H90O6/c1-4-7-10-13-16-19-22-25-26-27-28-31-34-37-40-43-46-49-55(58)61-52(50-59-53(56)47-44-41-38-35-32-29-23-20-17-14-11-8-5-2)51-60-54(57)48-45-42-39-36-33-30-24-21-18-15-12-9-6-3/h52H,4-15,17-18,20-24,27,29-30,32-36,38-39,41-51H2,1-3H3. The van der Waals surface area contributed by atoms with Gasteiger partial charge in [0.05, 0.1) is 19.3 Å². The minimum Gasteiger partial charge on any atom is -0.462 e. The molecule has 0 radical (unpaired) electrons. The third-order valence-electron chi connectivity index (χ3n) is 10.7. The van der Waals surface area contributed by atoms with Crippen molar-refractivity contribution in [3.05, 3.63) is 0 Å². The molecule has 0 aromatic heterocycles. The van der Waals surface area contributed by atoms with E-state index in [0.29, 0.717) is 44.9 Å². The summed E-state index contributed by atoms with van der Waals surface area (Å²) < 4.78 is 16.7. The summed E-state index contributed by atoms with van der Waals surface area (Å²) in [7, 11) is 0. The van der Waals surface area contributed by atoms with E-state index in [1.54, 1.807) is 0 Å². The third-order valence-corrected chi connectivity index (χ3v) is 10.7. The predicted molar refractivity (Wildman–Crippen MR) is 255 cm³/mol. The molecule has 0 saturated heterocycles. The van der Waals surface area contributed by atoms with E-state index in [4.69, 9.17) is 14.2 Å². The number of carbonyl (C=O) groups is 3. The molecule has 0 N–H and O–H groups in total. The van der Waals surface area contributed by atoms with E-state index >= 15 is 0 Å². The molecule has 346 valence electrons. The zero-order chi connectivity index (χ0) is 44.4. The summed E-state index contributed by atoms with van der Waals surface area (Å²) >= 11 is 0. The van der Waals surface area contributed by atoms with Gasteiger partial charge in [0.15, 0.2) is 6.10 Å². The van der Waals surface area contributed by atoms with E-state index in [2.05, 4.69) is 68.1 Å². The van der Waals surface area contributed by atoms with Gasteiger partial charge in [0.2, 0.25) is 0 Å². The van der Waals surface area contributed by atoms with Gasteiger partial charge in [-0.15, -0.1) is 11.8 Å². The van der Waals surface area contributed by atoms with Crippen LogP contribution in [-0.4, -0.2) is 37.2 Å². The molecule has 61 heavy (non-hydrogen) atoms. The summed E-state index contributed by atoms with van der Waals surface area (Å²) in [5.74, 6) is 23.4. The second-order valence-electron chi connectivity index (χ2n) is 16.7. The normalized spacial score (nSPS) is 10.4.